The highest BCUT2D eigenvalue weighted by Gasteiger charge is 2.31. The van der Waals surface area contributed by atoms with Gasteiger partial charge in [0.1, 0.15) is 5.82 Å². The Balaban J connectivity index is 2.14. The van der Waals surface area contributed by atoms with Crippen LogP contribution in [0.5, 0.6) is 0 Å². The largest absolute Gasteiger partial charge is 0.332 e. The van der Waals surface area contributed by atoms with Gasteiger partial charge < -0.3 is 9.88 Å². The van der Waals surface area contributed by atoms with Crippen molar-refractivity contribution in [3.8, 4) is 0 Å². The van der Waals surface area contributed by atoms with Crippen LogP contribution in [-0.2, 0) is 16.4 Å². The van der Waals surface area contributed by atoms with Crippen LogP contribution in [0.25, 0.3) is 0 Å². The van der Waals surface area contributed by atoms with Crippen molar-refractivity contribution in [1.82, 2.24) is 19.2 Å². The van der Waals surface area contributed by atoms with Crippen molar-refractivity contribution in [2.45, 2.75) is 37.3 Å². The molecule has 1 aromatic rings. The van der Waals surface area contributed by atoms with Crippen molar-refractivity contribution < 1.29 is 8.42 Å². The first-order valence-corrected chi connectivity index (χ1v) is 8.09. The third kappa shape index (κ3) is 2.98. The number of H-pyrrole nitrogens is 1. The lowest BCUT2D eigenvalue weighted by Crippen LogP contribution is -2.44. The smallest absolute Gasteiger partial charge is 0.260 e. The first-order chi connectivity index (χ1) is 8.95. The summed E-state index contributed by atoms with van der Waals surface area (Å²) in [6.45, 7) is 3.82. The molecule has 0 atom stereocenters. The summed E-state index contributed by atoms with van der Waals surface area (Å²) in [7, 11) is 0.279. The number of nitrogens with one attached hydrogen (secondary N) is 1. The number of piperidine rings is 1. The number of aromatic nitrogens is 2. The van der Waals surface area contributed by atoms with Crippen LogP contribution in [0, 0.1) is 0 Å². The molecule has 2 rings (SSSR count). The van der Waals surface area contributed by atoms with Gasteiger partial charge >= 0.3 is 0 Å². The van der Waals surface area contributed by atoms with E-state index in [0.29, 0.717) is 12.2 Å². The van der Waals surface area contributed by atoms with Crippen LogP contribution in [0.3, 0.4) is 0 Å². The molecule has 1 N–H and O–H groups in total. The number of hydrogen-bond donors (Lipinski definition) is 1. The van der Waals surface area contributed by atoms with E-state index in [4.69, 9.17) is 0 Å². The minimum atomic E-state index is -3.45. The molecule has 1 aliphatic rings. The van der Waals surface area contributed by atoms with Crippen molar-refractivity contribution in [2.24, 2.45) is 0 Å². The van der Waals surface area contributed by atoms with E-state index in [1.807, 2.05) is 6.92 Å². The summed E-state index contributed by atoms with van der Waals surface area (Å²) >= 11 is 0. The fourth-order valence-electron chi connectivity index (χ4n) is 2.36. The quantitative estimate of drug-likeness (QED) is 0.884. The van der Waals surface area contributed by atoms with Crippen LogP contribution < -0.4 is 0 Å². The lowest BCUT2D eigenvalue weighted by atomic mass is 10.1. The monoisotopic (exact) mass is 286 g/mol. The number of aromatic amines is 1. The van der Waals surface area contributed by atoms with Gasteiger partial charge in [0.05, 0.1) is 6.20 Å². The summed E-state index contributed by atoms with van der Waals surface area (Å²) in [5, 5.41) is 0.200. The first-order valence-electron chi connectivity index (χ1n) is 6.65. The van der Waals surface area contributed by atoms with Crippen molar-refractivity contribution in [3.63, 3.8) is 0 Å². The predicted octanol–water partition coefficient (Wildman–Crippen LogP) is 0.687. The summed E-state index contributed by atoms with van der Waals surface area (Å²) in [5.41, 5.74) is 0. The second-order valence-electron chi connectivity index (χ2n) is 5.10. The van der Waals surface area contributed by atoms with E-state index in [1.165, 1.54) is 10.5 Å². The molecule has 19 heavy (non-hydrogen) atoms. The van der Waals surface area contributed by atoms with Gasteiger partial charge in [-0.3, -0.25) is 0 Å². The van der Waals surface area contributed by atoms with Crippen LogP contribution in [0.15, 0.2) is 11.2 Å². The molecule has 7 heteroatoms. The molecule has 1 saturated heterocycles. The van der Waals surface area contributed by atoms with E-state index >= 15 is 0 Å². The van der Waals surface area contributed by atoms with Crippen molar-refractivity contribution in [2.75, 3.05) is 27.2 Å². The van der Waals surface area contributed by atoms with Crippen LogP contribution in [0.4, 0.5) is 0 Å². The zero-order valence-electron chi connectivity index (χ0n) is 11.8. The fraction of sp³-hybridized carbons (Fsp3) is 0.750. The Bertz CT molecular complexity index is 518. The number of nitrogens with zero attached hydrogens (tertiary/aromatic N) is 3. The Kier molecular flexibility index (Phi) is 4.27. The Morgan fingerprint density at radius 2 is 2.11 bits per heavy atom. The minimum Gasteiger partial charge on any atom is -0.332 e. The molecular formula is C12H22N4O2S. The maximum Gasteiger partial charge on any atom is 0.260 e. The molecule has 0 amide bonds. The summed E-state index contributed by atoms with van der Waals surface area (Å²) in [6.07, 6.45) is 3.87. The average molecular weight is 286 g/mol. The fourth-order valence-corrected chi connectivity index (χ4v) is 3.71. The molecule has 0 spiro atoms. The van der Waals surface area contributed by atoms with E-state index in [9.17, 15) is 8.42 Å². The van der Waals surface area contributed by atoms with Gasteiger partial charge in [-0.15, -0.1) is 0 Å². The Labute approximate surface area is 114 Å². The maximum absolute atomic E-state index is 12.5. The van der Waals surface area contributed by atoms with Crippen LogP contribution >= 0.6 is 0 Å². The Hall–Kier alpha value is -0.920. The molecule has 0 aliphatic carbocycles. The highest BCUT2D eigenvalue weighted by Crippen LogP contribution is 2.21. The lowest BCUT2D eigenvalue weighted by molar-refractivity contribution is 0.197. The summed E-state index contributed by atoms with van der Waals surface area (Å²) in [4.78, 5) is 9.18. The molecular weight excluding hydrogens is 264 g/mol. The zero-order chi connectivity index (χ0) is 14.0. The molecule has 0 saturated carbocycles. The highest BCUT2D eigenvalue weighted by molar-refractivity contribution is 7.89. The Morgan fingerprint density at radius 1 is 1.47 bits per heavy atom. The van der Waals surface area contributed by atoms with Gasteiger partial charge in [0.2, 0.25) is 0 Å². The van der Waals surface area contributed by atoms with Gasteiger partial charge in [0.25, 0.3) is 10.0 Å². The van der Waals surface area contributed by atoms with Gasteiger partial charge in [0, 0.05) is 19.5 Å². The van der Waals surface area contributed by atoms with Crippen molar-refractivity contribution >= 4 is 10.0 Å². The molecule has 1 aliphatic heterocycles. The van der Waals surface area contributed by atoms with Gasteiger partial charge in [-0.2, -0.15) is 4.31 Å². The van der Waals surface area contributed by atoms with Gasteiger partial charge in [-0.25, -0.2) is 13.4 Å². The standard InChI is InChI=1S/C12H22N4O2S/c1-4-11-13-9-12(14-11)19(17,18)16(3)10-5-7-15(2)8-6-10/h9-10H,4-8H2,1-3H3,(H,13,14). The molecule has 1 fully saturated rings. The number of rotatable bonds is 4. The second-order valence-corrected chi connectivity index (χ2v) is 7.07. The topological polar surface area (TPSA) is 69.3 Å². The third-order valence-electron chi connectivity index (χ3n) is 3.80. The van der Waals surface area contributed by atoms with E-state index < -0.39 is 10.0 Å². The maximum atomic E-state index is 12.5. The van der Waals surface area contributed by atoms with Crippen LogP contribution in [0.2, 0.25) is 0 Å². The molecule has 0 radical (unpaired) electrons. The molecule has 0 aromatic carbocycles. The normalized spacial score (nSPS) is 19.2. The number of imidazole rings is 1. The van der Waals surface area contributed by atoms with Gasteiger partial charge in [-0.1, -0.05) is 6.92 Å². The van der Waals surface area contributed by atoms with Crippen LogP contribution in [0.1, 0.15) is 25.6 Å². The number of likely N-dealkylation sites (tertiary alicyclic amines) is 1. The van der Waals surface area contributed by atoms with E-state index in [0.717, 1.165) is 25.9 Å². The van der Waals surface area contributed by atoms with Gasteiger partial charge in [0.15, 0.2) is 5.03 Å². The SMILES string of the molecule is CCc1ncc(S(=O)(=O)N(C)C2CCN(C)CC2)[nH]1. The van der Waals surface area contributed by atoms with E-state index in [1.54, 1.807) is 7.05 Å². The lowest BCUT2D eigenvalue weighted by Gasteiger charge is -2.34. The summed E-state index contributed by atoms with van der Waals surface area (Å²) in [6, 6.07) is 0.0783. The third-order valence-corrected chi connectivity index (χ3v) is 5.62. The minimum absolute atomic E-state index is 0.0783. The van der Waals surface area contributed by atoms with Crippen molar-refractivity contribution in [1.29, 1.82) is 0 Å². The highest BCUT2D eigenvalue weighted by atomic mass is 32.2. The number of sulfonamides is 1. The number of hydrogen-bond acceptors (Lipinski definition) is 4. The van der Waals surface area contributed by atoms with Gasteiger partial charge in [-0.05, 0) is 33.0 Å². The molecule has 0 unspecified atom stereocenters. The van der Waals surface area contributed by atoms with E-state index in [-0.39, 0.29) is 11.1 Å². The first kappa shape index (κ1) is 14.5. The number of aryl methyl sites for hydroxylation is 1. The molecule has 108 valence electrons. The average Bonchev–Trinajstić information content (AvgIpc) is 2.88. The van der Waals surface area contributed by atoms with Crippen molar-refractivity contribution in [3.05, 3.63) is 12.0 Å². The second kappa shape index (κ2) is 5.60. The Morgan fingerprint density at radius 3 is 2.63 bits per heavy atom. The molecule has 6 nitrogen and oxygen atoms in total. The molecule has 2 heterocycles. The molecule has 0 bridgehead atoms. The molecule has 1 aromatic heterocycles. The summed E-state index contributed by atoms with van der Waals surface area (Å²) < 4.78 is 26.5. The zero-order valence-corrected chi connectivity index (χ0v) is 12.6. The predicted molar refractivity (Wildman–Crippen MR) is 73.4 cm³/mol. The van der Waals surface area contributed by atoms with E-state index in [2.05, 4.69) is 21.9 Å². The van der Waals surface area contributed by atoms with Crippen LogP contribution in [-0.4, -0.2) is 60.8 Å². The summed E-state index contributed by atoms with van der Waals surface area (Å²) in [5.74, 6) is 0.704.